The topological polar surface area (TPSA) is 82.1 Å². The van der Waals surface area contributed by atoms with Crippen molar-refractivity contribution >= 4 is 17.7 Å². The Kier molecular flexibility index (Phi) is 6.48. The standard InChI is InChI=1S/C14H21N3O4/c1-16(2)8-9-17(3)14(20)15-11-4-6-12(7-5-11)21-10-13(18)19/h4-7H,8-10H2,1-3H3,(H,15,20)(H,18,19). The number of carbonyl (C=O) groups is 2. The number of aliphatic carboxylic acids is 1. The van der Waals surface area contributed by atoms with Crippen LogP contribution in [0.4, 0.5) is 10.5 Å². The van der Waals surface area contributed by atoms with Crippen LogP contribution < -0.4 is 10.1 Å². The molecule has 0 aliphatic rings. The second-order valence-electron chi connectivity index (χ2n) is 4.86. The molecule has 0 heterocycles. The second kappa shape index (κ2) is 8.11. The molecular weight excluding hydrogens is 274 g/mol. The zero-order chi connectivity index (χ0) is 15.8. The lowest BCUT2D eigenvalue weighted by Gasteiger charge is -2.20. The Labute approximate surface area is 124 Å². The van der Waals surface area contributed by atoms with Crippen LogP contribution in [-0.2, 0) is 4.79 Å². The highest BCUT2D eigenvalue weighted by molar-refractivity contribution is 5.89. The van der Waals surface area contributed by atoms with Crippen molar-refractivity contribution in [3.63, 3.8) is 0 Å². The number of likely N-dealkylation sites (N-methyl/N-ethyl adjacent to an activating group) is 2. The smallest absolute Gasteiger partial charge is 0.341 e. The molecule has 0 bridgehead atoms. The van der Waals surface area contributed by atoms with E-state index >= 15 is 0 Å². The summed E-state index contributed by atoms with van der Waals surface area (Å²) in [6, 6.07) is 6.34. The number of amides is 2. The summed E-state index contributed by atoms with van der Waals surface area (Å²) in [6.45, 7) is 1.02. The SMILES string of the molecule is CN(C)CCN(C)C(=O)Nc1ccc(OCC(=O)O)cc1. The fourth-order valence-electron chi connectivity index (χ4n) is 1.45. The molecule has 0 aliphatic carbocycles. The van der Waals surface area contributed by atoms with Gasteiger partial charge in [0.2, 0.25) is 0 Å². The average Bonchev–Trinajstić information content (AvgIpc) is 2.43. The molecule has 7 nitrogen and oxygen atoms in total. The molecule has 0 fully saturated rings. The summed E-state index contributed by atoms with van der Waals surface area (Å²) in [5.74, 6) is -0.591. The molecule has 1 aromatic carbocycles. The maximum absolute atomic E-state index is 11.9. The molecule has 0 radical (unpaired) electrons. The first-order chi connectivity index (χ1) is 9.88. The number of hydrogen-bond acceptors (Lipinski definition) is 4. The van der Waals surface area contributed by atoms with Gasteiger partial charge in [-0.15, -0.1) is 0 Å². The highest BCUT2D eigenvalue weighted by Crippen LogP contribution is 2.15. The van der Waals surface area contributed by atoms with Crippen LogP contribution in [0, 0.1) is 0 Å². The maximum Gasteiger partial charge on any atom is 0.341 e. The summed E-state index contributed by atoms with van der Waals surface area (Å²) in [5, 5.41) is 11.3. The van der Waals surface area contributed by atoms with Gasteiger partial charge in [-0.2, -0.15) is 0 Å². The summed E-state index contributed by atoms with van der Waals surface area (Å²) in [7, 11) is 5.62. The Morgan fingerprint density at radius 2 is 1.76 bits per heavy atom. The molecule has 0 saturated carbocycles. The monoisotopic (exact) mass is 295 g/mol. The lowest BCUT2D eigenvalue weighted by molar-refractivity contribution is -0.139. The first-order valence-corrected chi connectivity index (χ1v) is 6.50. The van der Waals surface area contributed by atoms with Gasteiger partial charge in [-0.1, -0.05) is 0 Å². The molecule has 116 valence electrons. The summed E-state index contributed by atoms with van der Waals surface area (Å²) in [6.07, 6.45) is 0. The van der Waals surface area contributed by atoms with Gasteiger partial charge in [-0.25, -0.2) is 9.59 Å². The number of carbonyl (C=O) groups excluding carboxylic acids is 1. The van der Waals surface area contributed by atoms with Crippen LogP contribution >= 0.6 is 0 Å². The van der Waals surface area contributed by atoms with Crippen LogP contribution in [0.2, 0.25) is 0 Å². The van der Waals surface area contributed by atoms with Crippen LogP contribution in [0.5, 0.6) is 5.75 Å². The van der Waals surface area contributed by atoms with E-state index in [0.717, 1.165) is 6.54 Å². The van der Waals surface area contributed by atoms with E-state index in [1.54, 1.807) is 36.2 Å². The van der Waals surface area contributed by atoms with Gasteiger partial charge < -0.3 is 25.0 Å². The summed E-state index contributed by atoms with van der Waals surface area (Å²) in [5.41, 5.74) is 0.624. The molecule has 1 aromatic rings. The van der Waals surface area contributed by atoms with Crippen LogP contribution in [0.15, 0.2) is 24.3 Å². The number of ether oxygens (including phenoxy) is 1. The Morgan fingerprint density at radius 1 is 1.14 bits per heavy atom. The average molecular weight is 295 g/mol. The second-order valence-corrected chi connectivity index (χ2v) is 4.86. The number of hydrogen-bond donors (Lipinski definition) is 2. The fourth-order valence-corrected chi connectivity index (χ4v) is 1.45. The number of nitrogens with zero attached hydrogens (tertiary/aromatic N) is 2. The quantitative estimate of drug-likeness (QED) is 0.789. The van der Waals surface area contributed by atoms with Gasteiger partial charge >= 0.3 is 12.0 Å². The van der Waals surface area contributed by atoms with Crippen molar-refractivity contribution in [1.82, 2.24) is 9.80 Å². The molecule has 0 aromatic heterocycles. The van der Waals surface area contributed by atoms with Gasteiger partial charge in [0.05, 0.1) is 0 Å². The predicted molar refractivity (Wildman–Crippen MR) is 79.8 cm³/mol. The fraction of sp³-hybridized carbons (Fsp3) is 0.429. The van der Waals surface area contributed by atoms with Gasteiger partial charge in [-0.3, -0.25) is 0 Å². The number of benzene rings is 1. The van der Waals surface area contributed by atoms with Gasteiger partial charge in [0.1, 0.15) is 5.75 Å². The molecule has 21 heavy (non-hydrogen) atoms. The largest absolute Gasteiger partial charge is 0.482 e. The van der Waals surface area contributed by atoms with Crippen molar-refractivity contribution in [2.75, 3.05) is 46.2 Å². The van der Waals surface area contributed by atoms with Crippen molar-refractivity contribution < 1.29 is 19.4 Å². The Hall–Kier alpha value is -2.28. The van der Waals surface area contributed by atoms with Crippen LogP contribution in [-0.4, -0.2) is 67.7 Å². The molecule has 0 atom stereocenters. The maximum atomic E-state index is 11.9. The highest BCUT2D eigenvalue weighted by atomic mass is 16.5. The van der Waals surface area contributed by atoms with E-state index in [1.165, 1.54) is 0 Å². The van der Waals surface area contributed by atoms with Crippen LogP contribution in [0.1, 0.15) is 0 Å². The van der Waals surface area contributed by atoms with Crippen molar-refractivity contribution in [3.05, 3.63) is 24.3 Å². The normalized spacial score (nSPS) is 10.3. The zero-order valence-electron chi connectivity index (χ0n) is 12.5. The van der Waals surface area contributed by atoms with Gasteiger partial charge in [0.15, 0.2) is 6.61 Å². The van der Waals surface area contributed by atoms with Gasteiger partial charge in [0, 0.05) is 25.8 Å². The Morgan fingerprint density at radius 3 is 2.29 bits per heavy atom. The molecule has 0 unspecified atom stereocenters. The minimum absolute atomic E-state index is 0.198. The summed E-state index contributed by atoms with van der Waals surface area (Å²) >= 11 is 0. The Balaban J connectivity index is 2.47. The Bertz CT molecular complexity index is 474. The third-order valence-electron chi connectivity index (χ3n) is 2.70. The van der Waals surface area contributed by atoms with Gasteiger partial charge in [0.25, 0.3) is 0 Å². The van der Waals surface area contributed by atoms with Gasteiger partial charge in [-0.05, 0) is 38.4 Å². The predicted octanol–water partition coefficient (Wildman–Crippen LogP) is 1.18. The molecule has 7 heteroatoms. The van der Waals surface area contributed by atoms with E-state index in [0.29, 0.717) is 18.0 Å². The molecule has 2 N–H and O–H groups in total. The lowest BCUT2D eigenvalue weighted by atomic mass is 10.3. The van der Waals surface area contributed by atoms with Crippen LogP contribution in [0.25, 0.3) is 0 Å². The first kappa shape index (κ1) is 16.8. The number of carboxylic acid groups (broad SMARTS) is 1. The number of nitrogens with one attached hydrogen (secondary N) is 1. The lowest BCUT2D eigenvalue weighted by Crippen LogP contribution is -2.36. The molecule has 0 aliphatic heterocycles. The molecule has 2 amide bonds. The summed E-state index contributed by atoms with van der Waals surface area (Å²) in [4.78, 5) is 25.9. The highest BCUT2D eigenvalue weighted by Gasteiger charge is 2.09. The van der Waals surface area contributed by atoms with Crippen LogP contribution in [0.3, 0.4) is 0 Å². The van der Waals surface area contributed by atoms with E-state index in [2.05, 4.69) is 5.32 Å². The third-order valence-corrected chi connectivity index (χ3v) is 2.70. The molecule has 0 spiro atoms. The third kappa shape index (κ3) is 6.62. The minimum atomic E-state index is -1.03. The van der Waals surface area contributed by atoms with E-state index in [9.17, 15) is 9.59 Å². The van der Waals surface area contributed by atoms with Crippen molar-refractivity contribution in [3.8, 4) is 5.75 Å². The number of rotatable bonds is 7. The number of anilines is 1. The van der Waals surface area contributed by atoms with E-state index in [4.69, 9.17) is 9.84 Å². The molecule has 1 rings (SSSR count). The van der Waals surface area contributed by atoms with Crippen molar-refractivity contribution in [2.45, 2.75) is 0 Å². The van der Waals surface area contributed by atoms with E-state index < -0.39 is 5.97 Å². The summed E-state index contributed by atoms with van der Waals surface area (Å²) < 4.78 is 5.01. The van der Waals surface area contributed by atoms with E-state index in [1.807, 2.05) is 19.0 Å². The zero-order valence-corrected chi connectivity index (χ0v) is 12.5. The molecular formula is C14H21N3O4. The number of carboxylic acids is 1. The minimum Gasteiger partial charge on any atom is -0.482 e. The van der Waals surface area contributed by atoms with Crippen molar-refractivity contribution in [1.29, 1.82) is 0 Å². The number of urea groups is 1. The molecule has 0 saturated heterocycles. The first-order valence-electron chi connectivity index (χ1n) is 6.50. The van der Waals surface area contributed by atoms with Crippen molar-refractivity contribution in [2.24, 2.45) is 0 Å². The van der Waals surface area contributed by atoms with E-state index in [-0.39, 0.29) is 12.6 Å².